The molecule has 0 saturated carbocycles. The van der Waals surface area contributed by atoms with E-state index in [1.54, 1.807) is 0 Å². The highest BCUT2D eigenvalue weighted by molar-refractivity contribution is 5.80. The smallest absolute Gasteiger partial charge is 0.309 e. The van der Waals surface area contributed by atoms with E-state index < -0.39 is 0 Å². The van der Waals surface area contributed by atoms with E-state index in [4.69, 9.17) is 4.74 Å². The Bertz CT molecular complexity index is 408. The lowest BCUT2D eigenvalue weighted by Crippen LogP contribution is -2.47. The number of nitrogens with one attached hydrogen (secondary N) is 1. The fraction of sp³-hybridized carbons (Fsp3) is 0.895. The van der Waals surface area contributed by atoms with Crippen molar-refractivity contribution in [2.75, 3.05) is 39.8 Å². The van der Waals surface area contributed by atoms with Crippen LogP contribution in [0.5, 0.6) is 0 Å². The van der Waals surface area contributed by atoms with E-state index in [0.29, 0.717) is 18.7 Å². The number of piperidine rings is 1. The molecule has 6 nitrogen and oxygen atoms in total. The molecular formula is C19H38N4O2. The van der Waals surface area contributed by atoms with Crippen LogP contribution in [0.2, 0.25) is 0 Å². The van der Waals surface area contributed by atoms with Crippen LogP contribution in [0.1, 0.15) is 53.9 Å². The summed E-state index contributed by atoms with van der Waals surface area (Å²) in [7, 11) is 1.83. The lowest BCUT2D eigenvalue weighted by Gasteiger charge is -2.34. The molecule has 0 aromatic heterocycles. The summed E-state index contributed by atoms with van der Waals surface area (Å²) in [6.45, 7) is 15.0. The van der Waals surface area contributed by atoms with Crippen molar-refractivity contribution in [3.05, 3.63) is 0 Å². The van der Waals surface area contributed by atoms with Crippen LogP contribution in [0.3, 0.4) is 0 Å². The molecule has 1 N–H and O–H groups in total. The molecule has 0 unspecified atom stereocenters. The second-order valence-electron chi connectivity index (χ2n) is 7.27. The number of hydrogen-bond acceptors (Lipinski definition) is 4. The van der Waals surface area contributed by atoms with Gasteiger partial charge in [0.1, 0.15) is 0 Å². The first-order valence-corrected chi connectivity index (χ1v) is 9.78. The van der Waals surface area contributed by atoms with E-state index in [0.717, 1.165) is 51.4 Å². The van der Waals surface area contributed by atoms with Crippen molar-refractivity contribution in [1.82, 2.24) is 15.1 Å². The quantitative estimate of drug-likeness (QED) is 0.314. The largest absolute Gasteiger partial charge is 0.466 e. The Morgan fingerprint density at radius 1 is 1.24 bits per heavy atom. The van der Waals surface area contributed by atoms with Gasteiger partial charge in [0.25, 0.3) is 0 Å². The summed E-state index contributed by atoms with van der Waals surface area (Å²) in [6.07, 6.45) is 2.77. The summed E-state index contributed by atoms with van der Waals surface area (Å²) in [5, 5.41) is 3.47. The van der Waals surface area contributed by atoms with Gasteiger partial charge < -0.3 is 15.0 Å². The van der Waals surface area contributed by atoms with Gasteiger partial charge in [-0.3, -0.25) is 14.7 Å². The van der Waals surface area contributed by atoms with E-state index in [1.165, 1.54) is 0 Å². The average Bonchev–Trinajstić information content (AvgIpc) is 2.58. The topological polar surface area (TPSA) is 57.2 Å². The van der Waals surface area contributed by atoms with Crippen LogP contribution >= 0.6 is 0 Å². The zero-order valence-corrected chi connectivity index (χ0v) is 17.0. The monoisotopic (exact) mass is 354 g/mol. The SMILES string of the molecule is CCOC(=O)C1CCN(C(=NC)NCCCN(C(C)C)C(C)C)CC1. The van der Waals surface area contributed by atoms with Crippen LogP contribution in [0.15, 0.2) is 4.99 Å². The lowest BCUT2D eigenvalue weighted by molar-refractivity contribution is -0.149. The molecule has 25 heavy (non-hydrogen) atoms. The van der Waals surface area contributed by atoms with Crippen molar-refractivity contribution in [1.29, 1.82) is 0 Å². The van der Waals surface area contributed by atoms with Crippen LogP contribution in [0.25, 0.3) is 0 Å². The Morgan fingerprint density at radius 2 is 1.84 bits per heavy atom. The maximum absolute atomic E-state index is 11.8. The Hall–Kier alpha value is -1.30. The molecule has 0 bridgehead atoms. The molecule has 146 valence electrons. The Labute approximate surface area is 154 Å². The van der Waals surface area contributed by atoms with Gasteiger partial charge in [0, 0.05) is 45.3 Å². The number of nitrogens with zero attached hydrogens (tertiary/aromatic N) is 3. The van der Waals surface area contributed by atoms with E-state index in [2.05, 4.69) is 47.8 Å². The third-order valence-electron chi connectivity index (χ3n) is 4.83. The van der Waals surface area contributed by atoms with Crippen molar-refractivity contribution in [3.8, 4) is 0 Å². The molecule has 0 amide bonds. The van der Waals surface area contributed by atoms with Gasteiger partial charge in [-0.1, -0.05) is 0 Å². The van der Waals surface area contributed by atoms with Crippen LogP contribution in [0.4, 0.5) is 0 Å². The normalized spacial score (nSPS) is 16.8. The minimum absolute atomic E-state index is 0.0416. The molecule has 1 saturated heterocycles. The molecule has 0 atom stereocenters. The second kappa shape index (κ2) is 11.3. The van der Waals surface area contributed by atoms with Gasteiger partial charge in [-0.05, 0) is 53.9 Å². The fourth-order valence-electron chi connectivity index (χ4n) is 3.49. The van der Waals surface area contributed by atoms with Crippen molar-refractivity contribution < 1.29 is 9.53 Å². The molecule has 6 heteroatoms. The van der Waals surface area contributed by atoms with Crippen LogP contribution < -0.4 is 5.32 Å². The highest BCUT2D eigenvalue weighted by Crippen LogP contribution is 2.18. The number of guanidine groups is 1. The van der Waals surface area contributed by atoms with Crippen molar-refractivity contribution >= 4 is 11.9 Å². The van der Waals surface area contributed by atoms with Gasteiger partial charge in [-0.2, -0.15) is 0 Å². The predicted molar refractivity (Wildman–Crippen MR) is 104 cm³/mol. The molecule has 1 aliphatic rings. The third kappa shape index (κ3) is 7.22. The number of rotatable bonds is 8. The molecule has 0 aromatic carbocycles. The molecule has 0 aliphatic carbocycles. The van der Waals surface area contributed by atoms with E-state index in [9.17, 15) is 4.79 Å². The number of esters is 1. The van der Waals surface area contributed by atoms with Gasteiger partial charge in [0.05, 0.1) is 12.5 Å². The average molecular weight is 355 g/mol. The fourth-order valence-corrected chi connectivity index (χ4v) is 3.49. The highest BCUT2D eigenvalue weighted by Gasteiger charge is 2.27. The molecular weight excluding hydrogens is 316 g/mol. The highest BCUT2D eigenvalue weighted by atomic mass is 16.5. The summed E-state index contributed by atoms with van der Waals surface area (Å²) in [5.74, 6) is 0.940. The molecule has 1 fully saturated rings. The standard InChI is InChI=1S/C19H38N4O2/c1-7-25-18(24)17-9-13-22(14-10-17)19(20-6)21-11-8-12-23(15(2)3)16(4)5/h15-17H,7-14H2,1-6H3,(H,20,21). The minimum atomic E-state index is -0.0486. The van der Waals surface area contributed by atoms with Crippen LogP contribution in [-0.4, -0.2) is 73.6 Å². The van der Waals surface area contributed by atoms with Gasteiger partial charge in [-0.25, -0.2) is 0 Å². The maximum Gasteiger partial charge on any atom is 0.309 e. The number of likely N-dealkylation sites (tertiary alicyclic amines) is 1. The Balaban J connectivity index is 2.35. The van der Waals surface area contributed by atoms with Crippen LogP contribution in [-0.2, 0) is 9.53 Å². The first-order valence-electron chi connectivity index (χ1n) is 9.78. The number of aliphatic imine (C=N–C) groups is 1. The summed E-state index contributed by atoms with van der Waals surface area (Å²) < 4.78 is 5.14. The Kier molecular flexibility index (Phi) is 9.86. The summed E-state index contributed by atoms with van der Waals surface area (Å²) in [6, 6.07) is 1.14. The maximum atomic E-state index is 11.8. The second-order valence-corrected chi connectivity index (χ2v) is 7.27. The van der Waals surface area contributed by atoms with Gasteiger partial charge in [0.2, 0.25) is 0 Å². The number of hydrogen-bond donors (Lipinski definition) is 1. The number of carbonyl (C=O) groups is 1. The van der Waals surface area contributed by atoms with Crippen molar-refractivity contribution in [2.45, 2.75) is 66.0 Å². The first-order chi connectivity index (χ1) is 11.9. The van der Waals surface area contributed by atoms with E-state index >= 15 is 0 Å². The molecule has 1 aliphatic heterocycles. The van der Waals surface area contributed by atoms with Gasteiger partial charge in [-0.15, -0.1) is 0 Å². The van der Waals surface area contributed by atoms with E-state index in [1.807, 2.05) is 14.0 Å². The number of ether oxygens (including phenoxy) is 1. The molecule has 1 heterocycles. The first kappa shape index (κ1) is 21.7. The predicted octanol–water partition coefficient (Wildman–Crippen LogP) is 2.35. The zero-order chi connectivity index (χ0) is 18.8. The van der Waals surface area contributed by atoms with Crippen LogP contribution in [0, 0.1) is 5.92 Å². The zero-order valence-electron chi connectivity index (χ0n) is 17.0. The lowest BCUT2D eigenvalue weighted by atomic mass is 9.97. The minimum Gasteiger partial charge on any atom is -0.466 e. The third-order valence-corrected chi connectivity index (χ3v) is 4.83. The summed E-state index contributed by atoms with van der Waals surface area (Å²) in [4.78, 5) is 21.0. The molecule has 1 rings (SSSR count). The van der Waals surface area contributed by atoms with Gasteiger partial charge in [0.15, 0.2) is 5.96 Å². The van der Waals surface area contributed by atoms with E-state index in [-0.39, 0.29) is 11.9 Å². The summed E-state index contributed by atoms with van der Waals surface area (Å²) >= 11 is 0. The summed E-state index contributed by atoms with van der Waals surface area (Å²) in [5.41, 5.74) is 0. The van der Waals surface area contributed by atoms with Gasteiger partial charge >= 0.3 is 5.97 Å². The van der Waals surface area contributed by atoms with Crippen molar-refractivity contribution in [2.24, 2.45) is 10.9 Å². The molecule has 0 radical (unpaired) electrons. The molecule has 0 aromatic rings. The molecule has 0 spiro atoms. The number of carbonyl (C=O) groups excluding carboxylic acids is 1. The van der Waals surface area contributed by atoms with Crippen molar-refractivity contribution in [3.63, 3.8) is 0 Å². The Morgan fingerprint density at radius 3 is 2.32 bits per heavy atom.